The van der Waals surface area contributed by atoms with Gasteiger partial charge in [0, 0.05) is 25.9 Å². The van der Waals surface area contributed by atoms with Crippen LogP contribution >= 0.6 is 0 Å². The summed E-state index contributed by atoms with van der Waals surface area (Å²) in [6.45, 7) is 13.9. The highest BCUT2D eigenvalue weighted by Crippen LogP contribution is 2.44. The van der Waals surface area contributed by atoms with Crippen LogP contribution in [0.25, 0.3) is 0 Å². The molecule has 148 valence electrons. The molecule has 1 aromatic rings. The molecule has 4 rings (SSSR count). The molecule has 0 N–H and O–H groups in total. The number of ether oxygens (including phenoxy) is 2. The number of hydrogen-bond acceptors (Lipinski definition) is 4. The number of nitrogens with zero attached hydrogens (tertiary/aromatic N) is 2. The molecule has 0 radical (unpaired) electrons. The van der Waals surface area contributed by atoms with Gasteiger partial charge in [-0.3, -0.25) is 4.79 Å². The van der Waals surface area contributed by atoms with Crippen LogP contribution in [0.1, 0.15) is 50.7 Å². The van der Waals surface area contributed by atoms with E-state index >= 15 is 0 Å². The maximum Gasteiger partial charge on any atom is 0.296 e. The molecule has 1 spiro atoms. The molecule has 1 amide bonds. The first-order valence-corrected chi connectivity index (χ1v) is 9.92. The van der Waals surface area contributed by atoms with Crippen molar-refractivity contribution >= 4 is 11.9 Å². The molecule has 3 heterocycles. The summed E-state index contributed by atoms with van der Waals surface area (Å²) < 4.78 is 12.4. The van der Waals surface area contributed by atoms with Gasteiger partial charge in [0.25, 0.3) is 11.9 Å². The fourth-order valence-corrected chi connectivity index (χ4v) is 4.68. The molecule has 5 nitrogen and oxygen atoms in total. The predicted molar refractivity (Wildman–Crippen MR) is 109 cm³/mol. The summed E-state index contributed by atoms with van der Waals surface area (Å²) in [5.74, 6) is -0.226. The Morgan fingerprint density at radius 2 is 1.79 bits per heavy atom. The van der Waals surface area contributed by atoms with Crippen LogP contribution in [0.3, 0.4) is 0 Å². The van der Waals surface area contributed by atoms with E-state index in [9.17, 15) is 4.79 Å². The van der Waals surface area contributed by atoms with Gasteiger partial charge in [0.15, 0.2) is 5.60 Å². The van der Waals surface area contributed by atoms with Gasteiger partial charge in [0.1, 0.15) is 0 Å². The third-order valence-electron chi connectivity index (χ3n) is 5.90. The summed E-state index contributed by atoms with van der Waals surface area (Å²) >= 11 is 0. The van der Waals surface area contributed by atoms with Crippen LogP contribution in [0.15, 0.2) is 53.6 Å². The molecule has 0 aromatic heterocycles. The zero-order valence-electron chi connectivity index (χ0n) is 16.8. The molecule has 0 saturated carbocycles. The van der Waals surface area contributed by atoms with Crippen molar-refractivity contribution in [1.82, 2.24) is 4.90 Å². The lowest BCUT2D eigenvalue weighted by molar-refractivity contribution is -0.131. The smallest absolute Gasteiger partial charge is 0.296 e. The second kappa shape index (κ2) is 6.89. The number of aliphatic imine (C=N–C) groups is 1. The van der Waals surface area contributed by atoms with E-state index in [2.05, 4.69) is 47.3 Å². The van der Waals surface area contributed by atoms with Gasteiger partial charge in [-0.2, -0.15) is 4.99 Å². The Balaban J connectivity index is 1.49. The van der Waals surface area contributed by atoms with Gasteiger partial charge >= 0.3 is 0 Å². The summed E-state index contributed by atoms with van der Waals surface area (Å²) in [5.41, 5.74) is 3.18. The quantitative estimate of drug-likeness (QED) is 0.738. The Morgan fingerprint density at radius 3 is 2.43 bits per heavy atom. The summed E-state index contributed by atoms with van der Waals surface area (Å²) in [6, 6.07) is 8.90. The van der Waals surface area contributed by atoms with Gasteiger partial charge in [-0.25, -0.2) is 0 Å². The van der Waals surface area contributed by atoms with Gasteiger partial charge in [0.2, 0.25) is 0 Å². The number of hydrogen-bond donors (Lipinski definition) is 0. The largest absolute Gasteiger partial charge is 0.447 e. The van der Waals surface area contributed by atoms with Crippen LogP contribution in [-0.4, -0.2) is 35.5 Å². The molecule has 0 atom stereocenters. The Morgan fingerprint density at radius 1 is 1.14 bits per heavy atom. The van der Waals surface area contributed by atoms with Crippen LogP contribution in [0.5, 0.6) is 0 Å². The van der Waals surface area contributed by atoms with E-state index in [-0.39, 0.29) is 11.5 Å². The molecule has 3 aliphatic rings. The average Bonchev–Trinajstić information content (AvgIpc) is 3.14. The van der Waals surface area contributed by atoms with Crippen molar-refractivity contribution in [2.45, 2.75) is 57.3 Å². The van der Waals surface area contributed by atoms with Crippen LogP contribution in [0, 0.1) is 0 Å². The minimum absolute atomic E-state index is 0.219. The third kappa shape index (κ3) is 3.18. The van der Waals surface area contributed by atoms with Gasteiger partial charge in [-0.15, -0.1) is 0 Å². The predicted octanol–water partition coefficient (Wildman–Crippen LogP) is 4.09. The highest BCUT2D eigenvalue weighted by Gasteiger charge is 2.49. The first-order chi connectivity index (χ1) is 13.3. The second-order valence-corrected chi connectivity index (χ2v) is 8.49. The number of likely N-dealkylation sites (tertiary alicyclic amines) is 1. The lowest BCUT2D eigenvalue weighted by Gasteiger charge is -2.40. The first kappa shape index (κ1) is 18.9. The lowest BCUT2D eigenvalue weighted by Crippen LogP contribution is -2.47. The van der Waals surface area contributed by atoms with Crippen molar-refractivity contribution in [3.05, 3.63) is 59.7 Å². The highest BCUT2D eigenvalue weighted by molar-refractivity contribution is 6.01. The number of amides is 1. The fourth-order valence-electron chi connectivity index (χ4n) is 4.68. The zero-order chi connectivity index (χ0) is 19.9. The number of fused-ring (bicyclic) bond motifs is 2. The van der Waals surface area contributed by atoms with Crippen LogP contribution in [-0.2, 0) is 26.5 Å². The monoisotopic (exact) mass is 380 g/mol. The molecule has 1 saturated heterocycles. The summed E-state index contributed by atoms with van der Waals surface area (Å²) in [4.78, 5) is 19.2. The average molecular weight is 380 g/mol. The summed E-state index contributed by atoms with van der Waals surface area (Å²) in [5, 5.41) is 0. The van der Waals surface area contributed by atoms with E-state index < -0.39 is 5.60 Å². The molecule has 0 bridgehead atoms. The molecular weight excluding hydrogens is 352 g/mol. The number of amidine groups is 1. The first-order valence-electron chi connectivity index (χ1n) is 9.92. The Hall–Kier alpha value is -2.40. The normalized spacial score (nSPS) is 22.0. The topological polar surface area (TPSA) is 51.1 Å². The van der Waals surface area contributed by atoms with Crippen LogP contribution in [0.4, 0.5) is 0 Å². The maximum atomic E-state index is 12.8. The Kier molecular flexibility index (Phi) is 4.66. The van der Waals surface area contributed by atoms with Crippen molar-refractivity contribution in [2.75, 3.05) is 13.1 Å². The van der Waals surface area contributed by atoms with Crippen molar-refractivity contribution in [3.8, 4) is 0 Å². The number of carbonyl (C=O) groups is 1. The summed E-state index contributed by atoms with van der Waals surface area (Å²) in [6.07, 6.45) is 2.63. The van der Waals surface area contributed by atoms with Gasteiger partial charge in [-0.05, 0) is 37.8 Å². The minimum Gasteiger partial charge on any atom is -0.447 e. The standard InChI is InChI=1S/C23H28N2O3/c1-16(2)13-23(14-17(3)4)20(26)24-21(28-23)25-11-9-22(10-12-25)19-8-6-5-7-18(19)15-27-22/h5-8H,1,3,9-15H2,2,4H3. The van der Waals surface area contributed by atoms with Gasteiger partial charge in [0.05, 0.1) is 12.2 Å². The molecule has 0 aliphatic carbocycles. The number of rotatable bonds is 4. The molecule has 5 heteroatoms. The zero-order valence-corrected chi connectivity index (χ0v) is 16.8. The Labute approximate surface area is 166 Å². The molecule has 28 heavy (non-hydrogen) atoms. The molecular formula is C23H28N2O3. The van der Waals surface area contributed by atoms with E-state index in [0.717, 1.165) is 37.1 Å². The lowest BCUT2D eigenvalue weighted by atomic mass is 9.84. The fraction of sp³-hybridized carbons (Fsp3) is 0.478. The SMILES string of the molecule is C=C(C)CC1(CC(=C)C)OC(N2CCC3(CC2)OCc2ccccc23)=NC1=O. The molecule has 1 aromatic carbocycles. The van der Waals surface area contributed by atoms with E-state index in [4.69, 9.17) is 9.47 Å². The minimum atomic E-state index is -0.988. The van der Waals surface area contributed by atoms with E-state index in [1.54, 1.807) is 0 Å². The highest BCUT2D eigenvalue weighted by atomic mass is 16.5. The van der Waals surface area contributed by atoms with Crippen LogP contribution < -0.4 is 0 Å². The van der Waals surface area contributed by atoms with Crippen molar-refractivity contribution in [2.24, 2.45) is 4.99 Å². The maximum absolute atomic E-state index is 12.8. The number of benzene rings is 1. The molecule has 3 aliphatic heterocycles. The Bertz CT molecular complexity index is 846. The van der Waals surface area contributed by atoms with Gasteiger partial charge in [-0.1, -0.05) is 48.6 Å². The number of carbonyl (C=O) groups excluding carboxylic acids is 1. The molecule has 0 unspecified atom stereocenters. The van der Waals surface area contributed by atoms with Crippen molar-refractivity contribution < 1.29 is 14.3 Å². The van der Waals surface area contributed by atoms with Crippen LogP contribution in [0.2, 0.25) is 0 Å². The van der Waals surface area contributed by atoms with E-state index in [1.165, 1.54) is 11.1 Å². The van der Waals surface area contributed by atoms with E-state index in [1.807, 2.05) is 13.8 Å². The van der Waals surface area contributed by atoms with Crippen molar-refractivity contribution in [1.29, 1.82) is 0 Å². The van der Waals surface area contributed by atoms with Crippen molar-refractivity contribution in [3.63, 3.8) is 0 Å². The second-order valence-electron chi connectivity index (χ2n) is 8.49. The van der Waals surface area contributed by atoms with E-state index in [0.29, 0.717) is 25.5 Å². The molecule has 1 fully saturated rings. The number of piperidine rings is 1. The van der Waals surface area contributed by atoms with Gasteiger partial charge < -0.3 is 14.4 Å². The summed E-state index contributed by atoms with van der Waals surface area (Å²) in [7, 11) is 0. The third-order valence-corrected chi connectivity index (χ3v) is 5.90.